The third kappa shape index (κ3) is 4.41. The fourth-order valence-corrected chi connectivity index (χ4v) is 6.25. The average Bonchev–Trinajstić information content (AvgIpc) is 3.57. The van der Waals surface area contributed by atoms with Crippen LogP contribution in [0.1, 0.15) is 31.2 Å². The van der Waals surface area contributed by atoms with E-state index in [1.54, 1.807) is 18.0 Å². The molecule has 4 aromatic rings. The van der Waals surface area contributed by atoms with Crippen molar-refractivity contribution in [3.63, 3.8) is 0 Å². The number of anilines is 2. The number of amides is 1. The standard InChI is InChI=1S/C26H29N7O2S/c27-24-23-25(30-15-29-24)33(11-7-17-5-9-32(16-34)10-6-17)26(31-23)36-22-14-20-18(3-1-8-28-20)13-19(22)21-4-2-12-35-21/h2,4,12-17,28H,1,3,5-11H2,(H2,27,29,30). The van der Waals surface area contributed by atoms with Gasteiger partial charge in [0, 0.05) is 42.3 Å². The van der Waals surface area contributed by atoms with E-state index < -0.39 is 0 Å². The van der Waals surface area contributed by atoms with Crippen LogP contribution in [-0.2, 0) is 17.8 Å². The highest BCUT2D eigenvalue weighted by Crippen LogP contribution is 2.41. The SMILES string of the molecule is Nc1ncnc2c1nc(Sc1cc3c(cc1-c1ccco1)CCCN3)n2CCC1CCN(C=O)CC1. The summed E-state index contributed by atoms with van der Waals surface area (Å²) in [5.74, 6) is 1.79. The van der Waals surface area contributed by atoms with Crippen LogP contribution in [0.5, 0.6) is 0 Å². The lowest BCUT2D eigenvalue weighted by Crippen LogP contribution is -2.32. The molecule has 9 nitrogen and oxygen atoms in total. The lowest BCUT2D eigenvalue weighted by atomic mass is 9.94. The van der Waals surface area contributed by atoms with Gasteiger partial charge in [0.15, 0.2) is 22.1 Å². The summed E-state index contributed by atoms with van der Waals surface area (Å²) in [7, 11) is 0. The number of aromatic nitrogens is 4. The molecule has 3 N–H and O–H groups in total. The van der Waals surface area contributed by atoms with Gasteiger partial charge in [-0.05, 0) is 67.9 Å². The normalized spacial score (nSPS) is 16.2. The van der Waals surface area contributed by atoms with Crippen LogP contribution < -0.4 is 11.1 Å². The van der Waals surface area contributed by atoms with Crippen molar-refractivity contribution in [3.05, 3.63) is 42.4 Å². The maximum atomic E-state index is 11.1. The molecule has 1 amide bonds. The highest BCUT2D eigenvalue weighted by molar-refractivity contribution is 7.99. The van der Waals surface area contributed by atoms with Crippen LogP contribution in [0.3, 0.4) is 0 Å². The maximum Gasteiger partial charge on any atom is 0.209 e. The molecule has 1 fully saturated rings. The summed E-state index contributed by atoms with van der Waals surface area (Å²) in [5, 5.41) is 4.38. The van der Waals surface area contributed by atoms with Crippen LogP contribution >= 0.6 is 11.8 Å². The van der Waals surface area contributed by atoms with E-state index in [0.717, 1.165) is 91.7 Å². The van der Waals surface area contributed by atoms with Crippen LogP contribution in [0, 0.1) is 5.92 Å². The molecule has 5 heterocycles. The highest BCUT2D eigenvalue weighted by atomic mass is 32.2. The van der Waals surface area contributed by atoms with Gasteiger partial charge in [0.05, 0.1) is 6.26 Å². The molecule has 3 aromatic heterocycles. The minimum Gasteiger partial charge on any atom is -0.464 e. The molecule has 0 aliphatic carbocycles. The predicted octanol–water partition coefficient (Wildman–Crippen LogP) is 4.44. The summed E-state index contributed by atoms with van der Waals surface area (Å²) >= 11 is 1.61. The Kier molecular flexibility index (Phi) is 6.27. The Bertz CT molecular complexity index is 1380. The van der Waals surface area contributed by atoms with Gasteiger partial charge in [0.2, 0.25) is 6.41 Å². The second kappa shape index (κ2) is 9.85. The Morgan fingerprint density at radius 3 is 2.94 bits per heavy atom. The molecular weight excluding hydrogens is 474 g/mol. The quantitative estimate of drug-likeness (QED) is 0.356. The molecule has 2 aliphatic rings. The number of rotatable bonds is 7. The van der Waals surface area contributed by atoms with Gasteiger partial charge in [0.1, 0.15) is 12.1 Å². The molecule has 2 aliphatic heterocycles. The molecule has 186 valence electrons. The van der Waals surface area contributed by atoms with Gasteiger partial charge in [-0.15, -0.1) is 0 Å². The van der Waals surface area contributed by atoms with E-state index >= 15 is 0 Å². The third-order valence-electron chi connectivity index (χ3n) is 7.22. The first-order valence-corrected chi connectivity index (χ1v) is 13.3. The number of carbonyl (C=O) groups is 1. The van der Waals surface area contributed by atoms with E-state index in [-0.39, 0.29) is 0 Å². The van der Waals surface area contributed by atoms with Gasteiger partial charge < -0.3 is 24.9 Å². The van der Waals surface area contributed by atoms with E-state index in [0.29, 0.717) is 17.3 Å². The number of nitrogens with two attached hydrogens (primary N) is 1. The van der Waals surface area contributed by atoms with Crippen molar-refractivity contribution >= 4 is 40.8 Å². The largest absolute Gasteiger partial charge is 0.464 e. The average molecular weight is 504 g/mol. The Morgan fingerprint density at radius 1 is 1.25 bits per heavy atom. The van der Waals surface area contributed by atoms with Crippen molar-refractivity contribution in [3.8, 4) is 11.3 Å². The lowest BCUT2D eigenvalue weighted by Gasteiger charge is -2.29. The fraction of sp³-hybridized carbons (Fsp3) is 0.385. The molecular formula is C26H29N7O2S. The summed E-state index contributed by atoms with van der Waals surface area (Å²) in [6.07, 6.45) is 9.37. The summed E-state index contributed by atoms with van der Waals surface area (Å²) in [6, 6.07) is 8.37. The minimum atomic E-state index is 0.387. The number of nitrogen functional groups attached to an aromatic ring is 1. The Labute approximate surface area is 213 Å². The summed E-state index contributed by atoms with van der Waals surface area (Å²) in [4.78, 5) is 27.6. The van der Waals surface area contributed by atoms with E-state index in [1.807, 2.05) is 17.0 Å². The number of carbonyl (C=O) groups excluding carboxylic acids is 1. The summed E-state index contributed by atoms with van der Waals surface area (Å²) in [6.45, 7) is 3.40. The van der Waals surface area contributed by atoms with Crippen LogP contribution in [0.15, 0.2) is 51.3 Å². The van der Waals surface area contributed by atoms with Gasteiger partial charge in [-0.2, -0.15) is 0 Å². The first-order chi connectivity index (χ1) is 17.7. The number of aryl methyl sites for hydroxylation is 2. The molecule has 1 aromatic carbocycles. The first kappa shape index (κ1) is 22.9. The zero-order chi connectivity index (χ0) is 24.5. The molecule has 0 spiro atoms. The summed E-state index contributed by atoms with van der Waals surface area (Å²) in [5.41, 5.74) is 11.1. The van der Waals surface area contributed by atoms with Crippen LogP contribution in [-0.4, -0.2) is 50.5 Å². The van der Waals surface area contributed by atoms with E-state index in [4.69, 9.17) is 15.1 Å². The fourth-order valence-electron chi connectivity index (χ4n) is 5.18. The van der Waals surface area contributed by atoms with Crippen molar-refractivity contribution in [2.45, 2.75) is 48.7 Å². The lowest BCUT2D eigenvalue weighted by molar-refractivity contribution is -0.119. The number of likely N-dealkylation sites (tertiary alicyclic amines) is 1. The van der Waals surface area contributed by atoms with E-state index in [1.165, 1.54) is 17.6 Å². The van der Waals surface area contributed by atoms with Crippen molar-refractivity contribution < 1.29 is 9.21 Å². The van der Waals surface area contributed by atoms with Gasteiger partial charge >= 0.3 is 0 Å². The number of nitrogens with one attached hydrogen (secondary N) is 1. The molecule has 0 saturated carbocycles. The second-order valence-electron chi connectivity index (χ2n) is 9.47. The van der Waals surface area contributed by atoms with Gasteiger partial charge in [0.25, 0.3) is 0 Å². The Hall–Kier alpha value is -3.53. The number of hydrogen-bond acceptors (Lipinski definition) is 8. The number of imidazole rings is 1. The van der Waals surface area contributed by atoms with Crippen molar-refractivity contribution in [2.24, 2.45) is 5.92 Å². The molecule has 1 saturated heterocycles. The maximum absolute atomic E-state index is 11.1. The van der Waals surface area contributed by atoms with Crippen molar-refractivity contribution in [2.75, 3.05) is 30.7 Å². The molecule has 0 bridgehead atoms. The van der Waals surface area contributed by atoms with E-state index in [2.05, 4.69) is 32.0 Å². The van der Waals surface area contributed by atoms with E-state index in [9.17, 15) is 4.79 Å². The zero-order valence-corrected chi connectivity index (χ0v) is 20.8. The smallest absolute Gasteiger partial charge is 0.209 e. The van der Waals surface area contributed by atoms with Crippen molar-refractivity contribution in [1.29, 1.82) is 0 Å². The number of benzene rings is 1. The van der Waals surface area contributed by atoms with Gasteiger partial charge in [-0.3, -0.25) is 4.79 Å². The molecule has 36 heavy (non-hydrogen) atoms. The minimum absolute atomic E-state index is 0.387. The number of nitrogens with zero attached hydrogens (tertiary/aromatic N) is 5. The molecule has 6 rings (SSSR count). The molecule has 0 unspecified atom stereocenters. The number of furan rings is 1. The Morgan fingerprint density at radius 2 is 2.14 bits per heavy atom. The van der Waals surface area contributed by atoms with Crippen LogP contribution in [0.25, 0.3) is 22.5 Å². The number of fused-ring (bicyclic) bond motifs is 2. The first-order valence-electron chi connectivity index (χ1n) is 12.5. The molecule has 0 atom stereocenters. The zero-order valence-electron chi connectivity index (χ0n) is 20.0. The molecule has 10 heteroatoms. The van der Waals surface area contributed by atoms with Crippen molar-refractivity contribution in [1.82, 2.24) is 24.4 Å². The Balaban J connectivity index is 1.35. The van der Waals surface area contributed by atoms with Crippen LogP contribution in [0.2, 0.25) is 0 Å². The predicted molar refractivity (Wildman–Crippen MR) is 140 cm³/mol. The van der Waals surface area contributed by atoms with Gasteiger partial charge in [-0.25, -0.2) is 15.0 Å². The van der Waals surface area contributed by atoms with Crippen LogP contribution in [0.4, 0.5) is 11.5 Å². The summed E-state index contributed by atoms with van der Waals surface area (Å²) < 4.78 is 7.98. The second-order valence-corrected chi connectivity index (χ2v) is 10.5. The monoisotopic (exact) mass is 503 g/mol. The highest BCUT2D eigenvalue weighted by Gasteiger charge is 2.23. The third-order valence-corrected chi connectivity index (χ3v) is 8.27. The topological polar surface area (TPSA) is 115 Å². The number of hydrogen-bond donors (Lipinski definition) is 2. The molecule has 0 radical (unpaired) electrons. The van der Waals surface area contributed by atoms with Gasteiger partial charge in [-0.1, -0.05) is 11.8 Å². The number of piperidine rings is 1.